The first-order valence-corrected chi connectivity index (χ1v) is 3.63. The minimum atomic E-state index is -4.51. The normalized spacial score (nSPS) is 22.5. The van der Waals surface area contributed by atoms with Crippen LogP contribution in [-0.4, -0.2) is 12.2 Å². The van der Waals surface area contributed by atoms with Crippen LogP contribution in [0.3, 0.4) is 0 Å². The van der Waals surface area contributed by atoms with Gasteiger partial charge in [0, 0.05) is 6.20 Å². The number of hydrogen-bond donors (Lipinski definition) is 1. The summed E-state index contributed by atoms with van der Waals surface area (Å²) in [6.45, 7) is 0. The van der Waals surface area contributed by atoms with E-state index in [9.17, 15) is 13.2 Å². The number of rotatable bonds is 0. The van der Waals surface area contributed by atoms with Crippen LogP contribution < -0.4 is 5.32 Å². The number of halogens is 4. The number of nitriles is 1. The molecule has 1 aliphatic rings. The highest BCUT2D eigenvalue weighted by atomic mass is 35.5. The number of dihydropyridines is 1. The molecule has 0 saturated heterocycles. The number of alkyl halides is 3. The fraction of sp³-hybridized carbons (Fsp3) is 0.286. The van der Waals surface area contributed by atoms with Crippen LogP contribution in [0.1, 0.15) is 0 Å². The van der Waals surface area contributed by atoms with Crippen LogP contribution in [0.15, 0.2) is 22.9 Å². The quantitative estimate of drug-likeness (QED) is 0.661. The molecule has 2 nitrogen and oxygen atoms in total. The van der Waals surface area contributed by atoms with Gasteiger partial charge in [0.05, 0.1) is 16.7 Å². The maximum Gasteiger partial charge on any atom is 0.417 e. The lowest BCUT2D eigenvalue weighted by molar-refractivity contribution is -0.0891. The van der Waals surface area contributed by atoms with Crippen LogP contribution in [0.25, 0.3) is 0 Å². The molecule has 1 N–H and O–H groups in total. The number of allylic oxidation sites excluding steroid dienone is 2. The van der Waals surface area contributed by atoms with E-state index in [0.717, 1.165) is 12.3 Å². The van der Waals surface area contributed by atoms with E-state index in [2.05, 4.69) is 5.32 Å². The molecule has 6 heteroatoms. The Morgan fingerprint density at radius 1 is 1.54 bits per heavy atom. The zero-order valence-electron chi connectivity index (χ0n) is 6.19. The summed E-state index contributed by atoms with van der Waals surface area (Å²) in [5, 5.41) is 10.3. The first-order chi connectivity index (χ1) is 5.95. The molecule has 0 spiro atoms. The molecule has 1 unspecified atom stereocenters. The highest BCUT2D eigenvalue weighted by Crippen LogP contribution is 2.34. The lowest BCUT2D eigenvalue weighted by Gasteiger charge is -2.17. The fourth-order valence-corrected chi connectivity index (χ4v) is 1.07. The average molecular weight is 209 g/mol. The van der Waals surface area contributed by atoms with Gasteiger partial charge < -0.3 is 5.32 Å². The van der Waals surface area contributed by atoms with Gasteiger partial charge >= 0.3 is 6.18 Å². The highest BCUT2D eigenvalue weighted by Gasteiger charge is 2.37. The number of nitrogens with one attached hydrogen (secondary N) is 1. The third kappa shape index (κ3) is 2.16. The third-order valence-corrected chi connectivity index (χ3v) is 1.74. The Kier molecular flexibility index (Phi) is 2.52. The summed E-state index contributed by atoms with van der Waals surface area (Å²) in [6, 6.07) is 0.663. The molecule has 0 amide bonds. The number of hydrogen-bond acceptors (Lipinski definition) is 2. The van der Waals surface area contributed by atoms with Crippen molar-refractivity contribution >= 4 is 11.6 Å². The molecule has 0 aromatic rings. The Labute approximate surface area is 77.3 Å². The van der Waals surface area contributed by atoms with E-state index >= 15 is 0 Å². The second kappa shape index (κ2) is 3.30. The van der Waals surface area contributed by atoms with E-state index < -0.39 is 22.8 Å². The SMILES string of the molecule is N#CC1C=C(C(F)(F)F)C(Cl)=CN1. The van der Waals surface area contributed by atoms with Gasteiger partial charge in [0.2, 0.25) is 0 Å². The lowest BCUT2D eigenvalue weighted by atomic mass is 10.1. The molecule has 0 aromatic heterocycles. The predicted molar refractivity (Wildman–Crippen MR) is 40.6 cm³/mol. The standard InChI is InChI=1S/C7H4ClF3N2/c8-6-3-13-4(2-12)1-5(6)7(9,10)11/h1,3-4,13H. The van der Waals surface area contributed by atoms with Crippen molar-refractivity contribution in [3.8, 4) is 6.07 Å². The van der Waals surface area contributed by atoms with Gasteiger partial charge in [-0.15, -0.1) is 0 Å². The van der Waals surface area contributed by atoms with E-state index in [1.165, 1.54) is 0 Å². The van der Waals surface area contributed by atoms with Crippen LogP contribution in [0.2, 0.25) is 0 Å². The van der Waals surface area contributed by atoms with Gasteiger partial charge in [-0.3, -0.25) is 0 Å². The Morgan fingerprint density at radius 2 is 2.15 bits per heavy atom. The summed E-state index contributed by atoms with van der Waals surface area (Å²) in [4.78, 5) is 0. The van der Waals surface area contributed by atoms with Crippen molar-refractivity contribution in [3.63, 3.8) is 0 Å². The second-order valence-electron chi connectivity index (χ2n) is 2.34. The molecule has 0 bridgehead atoms. The highest BCUT2D eigenvalue weighted by molar-refractivity contribution is 6.32. The second-order valence-corrected chi connectivity index (χ2v) is 2.75. The van der Waals surface area contributed by atoms with Gasteiger partial charge in [0.1, 0.15) is 6.04 Å². The number of nitrogens with zero attached hydrogens (tertiary/aromatic N) is 1. The molecule has 0 radical (unpaired) electrons. The van der Waals surface area contributed by atoms with Crippen LogP contribution in [0, 0.1) is 11.3 Å². The van der Waals surface area contributed by atoms with Crippen molar-refractivity contribution < 1.29 is 13.2 Å². The van der Waals surface area contributed by atoms with Crippen molar-refractivity contribution in [3.05, 3.63) is 22.9 Å². The Bertz CT molecular complexity index is 311. The monoisotopic (exact) mass is 208 g/mol. The maximum absolute atomic E-state index is 12.2. The zero-order valence-corrected chi connectivity index (χ0v) is 6.95. The van der Waals surface area contributed by atoms with Gasteiger partial charge in [0.15, 0.2) is 0 Å². The minimum Gasteiger partial charge on any atom is -0.371 e. The molecule has 1 rings (SSSR count). The summed E-state index contributed by atoms with van der Waals surface area (Å²) in [6.07, 6.45) is -2.79. The largest absolute Gasteiger partial charge is 0.417 e. The molecule has 0 aromatic carbocycles. The molecule has 0 saturated carbocycles. The fourth-order valence-electron chi connectivity index (χ4n) is 0.840. The topological polar surface area (TPSA) is 35.8 Å². The van der Waals surface area contributed by atoms with E-state index in [1.807, 2.05) is 0 Å². The summed E-state index contributed by atoms with van der Waals surface area (Å²) in [5.74, 6) is 0. The van der Waals surface area contributed by atoms with Gasteiger partial charge in [0.25, 0.3) is 0 Å². The molecular formula is C7H4ClF3N2. The molecular weight excluding hydrogens is 205 g/mol. The van der Waals surface area contributed by atoms with Crippen LogP contribution in [0.5, 0.6) is 0 Å². The molecule has 13 heavy (non-hydrogen) atoms. The predicted octanol–water partition coefficient (Wildman–Crippen LogP) is 2.05. The summed E-state index contributed by atoms with van der Waals surface area (Å²) >= 11 is 5.29. The summed E-state index contributed by atoms with van der Waals surface area (Å²) in [5.41, 5.74) is -0.973. The summed E-state index contributed by atoms with van der Waals surface area (Å²) in [7, 11) is 0. The smallest absolute Gasteiger partial charge is 0.371 e. The molecule has 1 heterocycles. The van der Waals surface area contributed by atoms with Crippen LogP contribution in [-0.2, 0) is 0 Å². The van der Waals surface area contributed by atoms with Crippen LogP contribution >= 0.6 is 11.6 Å². The first kappa shape index (κ1) is 9.93. The molecule has 1 atom stereocenters. The van der Waals surface area contributed by atoms with E-state index in [-0.39, 0.29) is 0 Å². The van der Waals surface area contributed by atoms with Crippen LogP contribution in [0.4, 0.5) is 13.2 Å². The lowest BCUT2D eigenvalue weighted by Crippen LogP contribution is -2.28. The molecule has 70 valence electrons. The Balaban J connectivity index is 3.00. The van der Waals surface area contributed by atoms with Crippen molar-refractivity contribution in [1.82, 2.24) is 5.32 Å². The molecule has 0 aliphatic carbocycles. The summed E-state index contributed by atoms with van der Waals surface area (Å²) < 4.78 is 36.5. The van der Waals surface area contributed by atoms with E-state index in [0.29, 0.717) is 0 Å². The van der Waals surface area contributed by atoms with E-state index in [1.54, 1.807) is 6.07 Å². The average Bonchev–Trinajstić information content (AvgIpc) is 2.03. The Hall–Kier alpha value is -1.15. The third-order valence-electron chi connectivity index (χ3n) is 1.42. The molecule has 1 aliphatic heterocycles. The van der Waals surface area contributed by atoms with Gasteiger partial charge in [-0.2, -0.15) is 18.4 Å². The molecule has 0 fully saturated rings. The van der Waals surface area contributed by atoms with Crippen molar-refractivity contribution in [2.75, 3.05) is 0 Å². The van der Waals surface area contributed by atoms with E-state index in [4.69, 9.17) is 16.9 Å². The van der Waals surface area contributed by atoms with Gasteiger partial charge in [-0.25, -0.2) is 0 Å². The zero-order chi connectivity index (χ0) is 10.1. The van der Waals surface area contributed by atoms with Gasteiger partial charge in [-0.1, -0.05) is 11.6 Å². The van der Waals surface area contributed by atoms with Gasteiger partial charge in [-0.05, 0) is 6.08 Å². The van der Waals surface area contributed by atoms with Crippen molar-refractivity contribution in [2.45, 2.75) is 12.2 Å². The first-order valence-electron chi connectivity index (χ1n) is 3.26. The minimum absolute atomic E-state index is 0.431. The Morgan fingerprint density at radius 3 is 2.62 bits per heavy atom. The van der Waals surface area contributed by atoms with Crippen molar-refractivity contribution in [2.24, 2.45) is 0 Å². The van der Waals surface area contributed by atoms with Crippen molar-refractivity contribution in [1.29, 1.82) is 5.26 Å². The maximum atomic E-state index is 12.2.